The third kappa shape index (κ3) is 4.42. The van der Waals surface area contributed by atoms with Crippen LogP contribution in [0.2, 0.25) is 0 Å². The van der Waals surface area contributed by atoms with Crippen molar-refractivity contribution in [2.45, 2.75) is 19.8 Å². The molecule has 0 saturated carbocycles. The number of nitrogens with one attached hydrogen (secondary N) is 2. The van der Waals surface area contributed by atoms with E-state index >= 15 is 0 Å². The highest BCUT2D eigenvalue weighted by atomic mass is 19.1. The third-order valence-electron chi connectivity index (χ3n) is 2.61. The van der Waals surface area contributed by atoms with Crippen molar-refractivity contribution in [3.63, 3.8) is 0 Å². The molecule has 0 unspecified atom stereocenters. The van der Waals surface area contributed by atoms with Gasteiger partial charge >= 0.3 is 5.97 Å². The average Bonchev–Trinajstić information content (AvgIpc) is 2.39. The van der Waals surface area contributed by atoms with Gasteiger partial charge < -0.3 is 21.5 Å². The lowest BCUT2D eigenvalue weighted by Crippen LogP contribution is -2.26. The third-order valence-corrected chi connectivity index (χ3v) is 2.61. The molecular formula is C13H18FN3O3. The minimum Gasteiger partial charge on any atom is -0.478 e. The summed E-state index contributed by atoms with van der Waals surface area (Å²) in [6.07, 6.45) is 1.08. The molecule has 0 atom stereocenters. The summed E-state index contributed by atoms with van der Waals surface area (Å²) in [5.41, 5.74) is 5.55. The van der Waals surface area contributed by atoms with Crippen LogP contribution in [0.15, 0.2) is 12.1 Å². The zero-order valence-electron chi connectivity index (χ0n) is 11.2. The van der Waals surface area contributed by atoms with E-state index in [1.54, 1.807) is 0 Å². The molecule has 1 amide bonds. The van der Waals surface area contributed by atoms with Crippen molar-refractivity contribution < 1.29 is 19.1 Å². The molecule has 1 aromatic rings. The normalized spacial score (nSPS) is 10.1. The molecule has 0 aliphatic heterocycles. The van der Waals surface area contributed by atoms with Crippen LogP contribution in [0.5, 0.6) is 0 Å². The van der Waals surface area contributed by atoms with E-state index in [0.29, 0.717) is 6.54 Å². The number of hydrogen-bond donors (Lipinski definition) is 4. The second kappa shape index (κ2) is 7.32. The van der Waals surface area contributed by atoms with Gasteiger partial charge in [0.25, 0.3) is 0 Å². The number of carboxylic acid groups (broad SMARTS) is 1. The van der Waals surface area contributed by atoms with Crippen LogP contribution >= 0.6 is 0 Å². The Balaban J connectivity index is 2.59. The Morgan fingerprint density at radius 2 is 2.05 bits per heavy atom. The van der Waals surface area contributed by atoms with Gasteiger partial charge in [-0.15, -0.1) is 0 Å². The lowest BCUT2D eigenvalue weighted by atomic mass is 10.1. The maximum Gasteiger partial charge on any atom is 0.338 e. The fraction of sp³-hybridized carbons (Fsp3) is 0.385. The number of halogens is 1. The van der Waals surface area contributed by atoms with Gasteiger partial charge in [0.1, 0.15) is 5.82 Å². The van der Waals surface area contributed by atoms with Gasteiger partial charge in [-0.2, -0.15) is 0 Å². The molecule has 0 heterocycles. The molecule has 110 valence electrons. The summed E-state index contributed by atoms with van der Waals surface area (Å²) in [7, 11) is 0. The van der Waals surface area contributed by atoms with Crippen LogP contribution in [0.1, 0.15) is 30.1 Å². The summed E-state index contributed by atoms with van der Waals surface area (Å²) in [5, 5.41) is 14.3. The highest BCUT2D eigenvalue weighted by Gasteiger charge is 2.13. The predicted octanol–water partition coefficient (Wildman–Crippen LogP) is 1.43. The van der Waals surface area contributed by atoms with Gasteiger partial charge in [-0.3, -0.25) is 4.79 Å². The molecule has 0 aliphatic rings. The maximum absolute atomic E-state index is 13.5. The number of benzene rings is 1. The molecule has 0 aliphatic carbocycles. The van der Waals surface area contributed by atoms with Crippen LogP contribution in [0.4, 0.5) is 15.8 Å². The Morgan fingerprint density at radius 1 is 1.35 bits per heavy atom. The van der Waals surface area contributed by atoms with E-state index < -0.39 is 17.3 Å². The van der Waals surface area contributed by atoms with E-state index in [1.807, 2.05) is 6.92 Å². The van der Waals surface area contributed by atoms with E-state index in [2.05, 4.69) is 10.6 Å². The topological polar surface area (TPSA) is 104 Å². The fourth-order valence-corrected chi connectivity index (χ4v) is 1.57. The zero-order chi connectivity index (χ0) is 15.1. The minimum atomic E-state index is -1.38. The van der Waals surface area contributed by atoms with Gasteiger partial charge in [-0.25, -0.2) is 9.18 Å². The largest absolute Gasteiger partial charge is 0.478 e. The van der Waals surface area contributed by atoms with Crippen molar-refractivity contribution >= 4 is 23.3 Å². The van der Waals surface area contributed by atoms with Crippen molar-refractivity contribution in [1.82, 2.24) is 5.32 Å². The van der Waals surface area contributed by atoms with E-state index in [9.17, 15) is 14.0 Å². The number of carboxylic acids is 1. The first-order chi connectivity index (χ1) is 9.45. The molecule has 7 heteroatoms. The van der Waals surface area contributed by atoms with Crippen molar-refractivity contribution in [2.75, 3.05) is 24.1 Å². The van der Waals surface area contributed by atoms with E-state index in [4.69, 9.17) is 10.8 Å². The van der Waals surface area contributed by atoms with Crippen LogP contribution in [0.25, 0.3) is 0 Å². The van der Waals surface area contributed by atoms with Gasteiger partial charge in [0.2, 0.25) is 5.91 Å². The van der Waals surface area contributed by atoms with Crippen LogP contribution in [-0.4, -0.2) is 30.1 Å². The fourth-order valence-electron chi connectivity index (χ4n) is 1.57. The lowest BCUT2D eigenvalue weighted by Gasteiger charge is -2.10. The minimum absolute atomic E-state index is 0.111. The first kappa shape index (κ1) is 15.7. The van der Waals surface area contributed by atoms with Crippen molar-refractivity contribution in [3.8, 4) is 0 Å². The molecule has 0 aromatic heterocycles. The second-order valence-corrected chi connectivity index (χ2v) is 4.25. The molecule has 6 nitrogen and oxygen atoms in total. The van der Waals surface area contributed by atoms with Gasteiger partial charge in [-0.05, 0) is 18.6 Å². The number of amides is 1. The van der Waals surface area contributed by atoms with Crippen molar-refractivity contribution in [3.05, 3.63) is 23.5 Å². The first-order valence-corrected chi connectivity index (χ1v) is 6.28. The first-order valence-electron chi connectivity index (χ1n) is 6.28. The summed E-state index contributed by atoms with van der Waals surface area (Å²) < 4.78 is 13.5. The van der Waals surface area contributed by atoms with Gasteiger partial charge in [0, 0.05) is 19.5 Å². The molecule has 5 N–H and O–H groups in total. The second-order valence-electron chi connectivity index (χ2n) is 4.25. The van der Waals surface area contributed by atoms with Crippen molar-refractivity contribution in [1.29, 1.82) is 0 Å². The maximum atomic E-state index is 13.5. The van der Waals surface area contributed by atoms with Crippen LogP contribution < -0.4 is 16.4 Å². The van der Waals surface area contributed by atoms with Gasteiger partial charge in [-0.1, -0.05) is 6.92 Å². The van der Waals surface area contributed by atoms with E-state index in [1.165, 1.54) is 0 Å². The Bertz CT molecular complexity index is 506. The number of nitrogen functional groups attached to an aromatic ring is 1. The Labute approximate surface area is 116 Å². The monoisotopic (exact) mass is 283 g/mol. The molecule has 0 saturated heterocycles. The Hall–Kier alpha value is -2.31. The van der Waals surface area contributed by atoms with Gasteiger partial charge in [0.05, 0.1) is 16.9 Å². The summed E-state index contributed by atoms with van der Waals surface area (Å²) in [4.78, 5) is 22.1. The van der Waals surface area contributed by atoms with E-state index in [-0.39, 0.29) is 30.2 Å². The number of anilines is 2. The Kier molecular flexibility index (Phi) is 5.76. The SMILES string of the molecule is CCCNC(=O)CCNc1cc(F)c(C(=O)O)cc1N. The molecule has 0 fully saturated rings. The number of rotatable bonds is 7. The molecule has 1 aromatic carbocycles. The van der Waals surface area contributed by atoms with Crippen LogP contribution in [0.3, 0.4) is 0 Å². The van der Waals surface area contributed by atoms with Crippen LogP contribution in [0, 0.1) is 5.82 Å². The molecular weight excluding hydrogens is 265 g/mol. The molecule has 1 rings (SSSR count). The number of aromatic carboxylic acids is 1. The summed E-state index contributed by atoms with van der Waals surface area (Å²) in [6.45, 7) is 2.85. The summed E-state index contributed by atoms with van der Waals surface area (Å²) >= 11 is 0. The predicted molar refractivity (Wildman–Crippen MR) is 74.2 cm³/mol. The van der Waals surface area contributed by atoms with Crippen LogP contribution in [-0.2, 0) is 4.79 Å². The summed E-state index contributed by atoms with van der Waals surface area (Å²) in [5.74, 6) is -2.36. The Morgan fingerprint density at radius 3 is 2.65 bits per heavy atom. The molecule has 0 radical (unpaired) electrons. The smallest absolute Gasteiger partial charge is 0.338 e. The van der Waals surface area contributed by atoms with Crippen molar-refractivity contribution in [2.24, 2.45) is 0 Å². The zero-order valence-corrected chi connectivity index (χ0v) is 11.2. The molecule has 0 bridgehead atoms. The number of carbonyl (C=O) groups is 2. The standard InChI is InChI=1S/C13H18FN3O3/c1-2-4-17-12(18)3-5-16-11-7-9(14)8(13(19)20)6-10(11)15/h6-7,16H,2-5,15H2,1H3,(H,17,18)(H,19,20). The summed E-state index contributed by atoms with van der Waals surface area (Å²) in [6, 6.07) is 2.07. The van der Waals surface area contributed by atoms with Gasteiger partial charge in [0.15, 0.2) is 0 Å². The molecule has 20 heavy (non-hydrogen) atoms. The highest BCUT2D eigenvalue weighted by Crippen LogP contribution is 2.23. The quantitative estimate of drug-likeness (QED) is 0.567. The number of carbonyl (C=O) groups excluding carboxylic acids is 1. The average molecular weight is 283 g/mol. The van der Waals surface area contributed by atoms with E-state index in [0.717, 1.165) is 18.6 Å². The number of hydrogen-bond acceptors (Lipinski definition) is 4. The molecule has 0 spiro atoms. The highest BCUT2D eigenvalue weighted by molar-refractivity contribution is 5.90. The lowest BCUT2D eigenvalue weighted by molar-refractivity contribution is -0.120. The number of nitrogens with two attached hydrogens (primary N) is 1.